The van der Waals surface area contributed by atoms with E-state index in [0.717, 1.165) is 29.4 Å². The van der Waals surface area contributed by atoms with E-state index in [1.54, 1.807) is 0 Å². The average Bonchev–Trinajstić information content (AvgIpc) is 2.88. The summed E-state index contributed by atoms with van der Waals surface area (Å²) in [6.45, 7) is 17.3. The minimum absolute atomic E-state index is 0.654. The molecule has 2 heteroatoms. The van der Waals surface area contributed by atoms with Gasteiger partial charge in [0.1, 0.15) is 5.82 Å². The molecule has 2 aliphatic rings. The maximum absolute atomic E-state index is 4.35. The first-order chi connectivity index (χ1) is 17.0. The van der Waals surface area contributed by atoms with Crippen LogP contribution in [0.25, 0.3) is 11.3 Å². The van der Waals surface area contributed by atoms with Crippen LogP contribution in [0.5, 0.6) is 0 Å². The molecule has 4 rings (SSSR count). The zero-order valence-electron chi connectivity index (χ0n) is 22.4. The summed E-state index contributed by atoms with van der Waals surface area (Å²) < 4.78 is 0. The van der Waals surface area contributed by atoms with E-state index in [1.807, 2.05) is 13.1 Å². The van der Waals surface area contributed by atoms with Crippen molar-refractivity contribution in [2.24, 2.45) is 10.9 Å². The zero-order chi connectivity index (χ0) is 25.2. The Morgan fingerprint density at radius 2 is 1.74 bits per heavy atom. The summed E-state index contributed by atoms with van der Waals surface area (Å²) >= 11 is 0. The summed E-state index contributed by atoms with van der Waals surface area (Å²) in [5.41, 5.74) is 8.81. The van der Waals surface area contributed by atoms with Crippen molar-refractivity contribution in [1.29, 1.82) is 0 Å². The first-order valence-corrected chi connectivity index (χ1v) is 13.6. The van der Waals surface area contributed by atoms with Crippen LogP contribution < -0.4 is 5.32 Å². The van der Waals surface area contributed by atoms with E-state index in [9.17, 15) is 0 Å². The molecular formula is C33H44N2. The topological polar surface area (TPSA) is 24.4 Å². The monoisotopic (exact) mass is 468 g/mol. The maximum Gasteiger partial charge on any atom is 0.134 e. The fraction of sp³-hybridized carbons (Fsp3) is 0.424. The van der Waals surface area contributed by atoms with Crippen LogP contribution in [0.4, 0.5) is 0 Å². The Kier molecular flexibility index (Phi) is 10.1. The summed E-state index contributed by atoms with van der Waals surface area (Å²) in [7, 11) is 0. The molecule has 1 atom stereocenters. The molecule has 0 spiro atoms. The van der Waals surface area contributed by atoms with Crippen molar-refractivity contribution >= 4 is 17.5 Å². The van der Waals surface area contributed by atoms with E-state index in [1.165, 1.54) is 72.8 Å². The second-order valence-corrected chi connectivity index (χ2v) is 10.00. The number of benzene rings is 2. The van der Waals surface area contributed by atoms with E-state index in [2.05, 4.69) is 92.8 Å². The van der Waals surface area contributed by atoms with Crippen LogP contribution in [-0.2, 0) is 6.42 Å². The van der Waals surface area contributed by atoms with Gasteiger partial charge in [-0.05, 0) is 84.8 Å². The van der Waals surface area contributed by atoms with Crippen molar-refractivity contribution in [3.8, 4) is 0 Å². The highest BCUT2D eigenvalue weighted by Crippen LogP contribution is 2.37. The summed E-state index contributed by atoms with van der Waals surface area (Å²) in [5, 5.41) is 3.29. The lowest BCUT2D eigenvalue weighted by molar-refractivity contribution is 0.539. The lowest BCUT2D eigenvalue weighted by Gasteiger charge is -2.28. The molecule has 186 valence electrons. The van der Waals surface area contributed by atoms with Crippen LogP contribution >= 0.6 is 0 Å². The van der Waals surface area contributed by atoms with Gasteiger partial charge in [0.15, 0.2) is 0 Å². The van der Waals surface area contributed by atoms with Gasteiger partial charge in [0.05, 0.1) is 0 Å². The van der Waals surface area contributed by atoms with Crippen molar-refractivity contribution in [3.63, 3.8) is 0 Å². The predicted molar refractivity (Wildman–Crippen MR) is 155 cm³/mol. The lowest BCUT2D eigenvalue weighted by atomic mass is 9.78. The van der Waals surface area contributed by atoms with Gasteiger partial charge in [0.25, 0.3) is 0 Å². The first kappa shape index (κ1) is 26.7. The summed E-state index contributed by atoms with van der Waals surface area (Å²) in [4.78, 5) is 4.21. The third kappa shape index (κ3) is 7.07. The molecule has 35 heavy (non-hydrogen) atoms. The highest BCUT2D eigenvalue weighted by molar-refractivity contribution is 5.86. The molecule has 0 amide bonds. The number of rotatable bonds is 10. The fourth-order valence-corrected chi connectivity index (χ4v) is 5.20. The van der Waals surface area contributed by atoms with Crippen LogP contribution in [0.1, 0.15) is 101 Å². The number of fused-ring (bicyclic) bond motifs is 1. The number of aliphatic imine (C=N–C) groups is 1. The highest BCUT2D eigenvalue weighted by atomic mass is 15.1. The van der Waals surface area contributed by atoms with Gasteiger partial charge >= 0.3 is 0 Å². The minimum Gasteiger partial charge on any atom is -0.340 e. The standard InChI is InChI=1S/C20H24N2.C13H20/c1-5-6-16-7-8-18-11-17(9-10-19(18)14(16)3)15(4)22-20-13(2)12-21-20;1-3-8-12(9-4-2)13-10-6-5-7-11-13/h9-12,16H,3-8H2,1-2H3,(H,21,22);5-7,10-12H,3-4,8-9H2,1-2H3. The Hall–Kier alpha value is -2.87. The van der Waals surface area contributed by atoms with Gasteiger partial charge in [-0.2, -0.15) is 0 Å². The van der Waals surface area contributed by atoms with Crippen molar-refractivity contribution < 1.29 is 0 Å². The van der Waals surface area contributed by atoms with Gasteiger partial charge in [-0.1, -0.05) is 95.7 Å². The normalized spacial score (nSPS) is 16.4. The van der Waals surface area contributed by atoms with Gasteiger partial charge in [-0.25, -0.2) is 4.99 Å². The van der Waals surface area contributed by atoms with E-state index in [-0.39, 0.29) is 0 Å². The largest absolute Gasteiger partial charge is 0.340 e. The number of nitrogens with one attached hydrogen (secondary N) is 1. The minimum atomic E-state index is 0.654. The molecule has 1 unspecified atom stereocenters. The van der Waals surface area contributed by atoms with Crippen LogP contribution in [-0.4, -0.2) is 6.21 Å². The number of hydrogen-bond acceptors (Lipinski definition) is 2. The highest BCUT2D eigenvalue weighted by Gasteiger charge is 2.22. The third-order valence-corrected chi connectivity index (χ3v) is 7.27. The smallest absolute Gasteiger partial charge is 0.134 e. The van der Waals surface area contributed by atoms with Crippen LogP contribution in [0.15, 0.2) is 78.1 Å². The molecule has 0 aromatic heterocycles. The van der Waals surface area contributed by atoms with Gasteiger partial charge in [0.2, 0.25) is 0 Å². The third-order valence-electron chi connectivity index (χ3n) is 7.27. The Bertz CT molecular complexity index is 1050. The van der Waals surface area contributed by atoms with Gasteiger partial charge < -0.3 is 5.32 Å². The van der Waals surface area contributed by atoms with Gasteiger partial charge in [-0.15, -0.1) is 0 Å². The molecule has 1 aliphatic heterocycles. The fourth-order valence-electron chi connectivity index (χ4n) is 5.20. The lowest BCUT2D eigenvalue weighted by Crippen LogP contribution is -2.17. The second-order valence-electron chi connectivity index (χ2n) is 10.00. The molecule has 2 nitrogen and oxygen atoms in total. The van der Waals surface area contributed by atoms with E-state index < -0.39 is 0 Å². The summed E-state index contributed by atoms with van der Waals surface area (Å²) in [5.74, 6) is 2.37. The quantitative estimate of drug-likeness (QED) is 0.369. The summed E-state index contributed by atoms with van der Waals surface area (Å²) in [6, 6.07) is 17.5. The molecule has 1 N–H and O–H groups in total. The van der Waals surface area contributed by atoms with Crippen LogP contribution in [0.3, 0.4) is 0 Å². The molecule has 0 saturated carbocycles. The summed E-state index contributed by atoms with van der Waals surface area (Å²) in [6.07, 6.45) is 11.9. The molecule has 1 heterocycles. The van der Waals surface area contributed by atoms with E-state index >= 15 is 0 Å². The predicted octanol–water partition coefficient (Wildman–Crippen LogP) is 9.31. The van der Waals surface area contributed by atoms with Crippen molar-refractivity contribution in [1.82, 2.24) is 5.32 Å². The van der Waals surface area contributed by atoms with Crippen LogP contribution in [0.2, 0.25) is 0 Å². The van der Waals surface area contributed by atoms with Gasteiger partial charge in [0, 0.05) is 17.5 Å². The molecule has 2 aromatic carbocycles. The number of allylic oxidation sites excluding steroid dienone is 2. The van der Waals surface area contributed by atoms with Crippen molar-refractivity contribution in [2.75, 3.05) is 0 Å². The van der Waals surface area contributed by atoms with Crippen molar-refractivity contribution in [2.45, 2.75) is 85.0 Å². The Balaban J connectivity index is 0.000000225. The molecule has 0 bridgehead atoms. The van der Waals surface area contributed by atoms with Crippen molar-refractivity contribution in [3.05, 3.63) is 95.3 Å². The second kappa shape index (κ2) is 13.3. The molecule has 1 aliphatic carbocycles. The maximum atomic E-state index is 4.35. The number of aryl methyl sites for hydroxylation is 1. The number of nitrogens with zero attached hydrogens (tertiary/aromatic N) is 1. The number of hydrogen-bond donors (Lipinski definition) is 1. The van der Waals surface area contributed by atoms with Crippen LogP contribution in [0, 0.1) is 5.92 Å². The van der Waals surface area contributed by atoms with E-state index in [4.69, 9.17) is 0 Å². The van der Waals surface area contributed by atoms with E-state index in [0.29, 0.717) is 5.92 Å². The van der Waals surface area contributed by atoms with Gasteiger partial charge in [-0.3, -0.25) is 0 Å². The zero-order valence-corrected chi connectivity index (χ0v) is 22.4. The molecule has 0 radical (unpaired) electrons. The Morgan fingerprint density at radius 3 is 2.31 bits per heavy atom. The molecule has 0 saturated heterocycles. The average molecular weight is 469 g/mol. The Labute approximate surface area is 214 Å². The SMILES string of the molecule is C=C(NC1=C(C)C=N1)c1ccc2c(c1)CCC(CCC)C2=C.CCCC(CCC)c1ccccc1. The Morgan fingerprint density at radius 1 is 1.03 bits per heavy atom. The molecular weight excluding hydrogens is 424 g/mol. The first-order valence-electron chi connectivity index (χ1n) is 13.6. The molecule has 0 fully saturated rings. The molecule has 2 aromatic rings.